The molecule has 1 saturated heterocycles. The molecule has 0 saturated carbocycles. The van der Waals surface area contributed by atoms with E-state index in [4.69, 9.17) is 4.74 Å². The zero-order valence-electron chi connectivity index (χ0n) is 15.7. The van der Waals surface area contributed by atoms with Crippen molar-refractivity contribution in [2.45, 2.75) is 45.1 Å². The topological polar surface area (TPSA) is 62.7 Å². The molecule has 0 spiro atoms. The lowest BCUT2D eigenvalue weighted by atomic mass is 9.99. The number of aromatic hydroxyl groups is 1. The maximum Gasteiger partial charge on any atom is 0.315 e. The smallest absolute Gasteiger partial charge is 0.315 e. The molecule has 150 valence electrons. The molecule has 1 aromatic carbocycles. The van der Waals surface area contributed by atoms with Crippen LogP contribution in [0.15, 0.2) is 36.4 Å². The molecule has 1 fully saturated rings. The average Bonchev–Trinajstić information content (AvgIpc) is 2.93. The predicted molar refractivity (Wildman–Crippen MR) is 96.6 cm³/mol. The predicted octanol–water partition coefficient (Wildman–Crippen LogP) is 4.00. The lowest BCUT2D eigenvalue weighted by molar-refractivity contribution is -0.159. The van der Waals surface area contributed by atoms with Crippen LogP contribution >= 0.6 is 0 Å². The minimum absolute atomic E-state index is 0.107. The molecule has 2 aromatic rings. The second kappa shape index (κ2) is 7.43. The molecule has 1 aliphatic heterocycles. The summed E-state index contributed by atoms with van der Waals surface area (Å²) in [5, 5.41) is 9.60. The van der Waals surface area contributed by atoms with Gasteiger partial charge in [-0.2, -0.15) is 8.78 Å². The van der Waals surface area contributed by atoms with E-state index in [-0.39, 0.29) is 5.88 Å². The van der Waals surface area contributed by atoms with Gasteiger partial charge in [0.25, 0.3) is 5.91 Å². The van der Waals surface area contributed by atoms with Gasteiger partial charge in [-0.3, -0.25) is 4.79 Å². The first-order chi connectivity index (χ1) is 13.2. The maximum atomic E-state index is 13.7. The van der Waals surface area contributed by atoms with E-state index in [1.807, 2.05) is 6.92 Å². The molecule has 0 unspecified atom stereocenters. The fraction of sp³-hybridized carbons (Fsp3) is 0.400. The molecule has 8 heteroatoms. The number of nitrogens with zero attached hydrogens (tertiary/aromatic N) is 2. The molecule has 0 aliphatic carbocycles. The average molecular weight is 394 g/mol. The Hall–Kier alpha value is -2.61. The minimum Gasteiger partial charge on any atom is -0.493 e. The van der Waals surface area contributed by atoms with Crippen molar-refractivity contribution in [3.05, 3.63) is 47.5 Å². The lowest BCUT2D eigenvalue weighted by Gasteiger charge is -2.32. The fourth-order valence-electron chi connectivity index (χ4n) is 3.60. The first-order valence-electron chi connectivity index (χ1n) is 8.77. The number of hydrogen-bond acceptors (Lipinski definition) is 4. The highest BCUT2D eigenvalue weighted by molar-refractivity contribution is 5.80. The third-order valence-electron chi connectivity index (χ3n) is 4.85. The summed E-state index contributed by atoms with van der Waals surface area (Å²) in [5.41, 5.74) is 1.38. The van der Waals surface area contributed by atoms with Crippen molar-refractivity contribution in [1.82, 2.24) is 9.88 Å². The molecular formula is C20H21F3N2O3. The van der Waals surface area contributed by atoms with Gasteiger partial charge < -0.3 is 14.7 Å². The third kappa shape index (κ3) is 3.56. The number of benzene rings is 1. The van der Waals surface area contributed by atoms with Gasteiger partial charge in [-0.15, -0.1) is 0 Å². The summed E-state index contributed by atoms with van der Waals surface area (Å²) in [6, 6.07) is 8.90. The van der Waals surface area contributed by atoms with Crippen LogP contribution in [0.4, 0.5) is 13.2 Å². The van der Waals surface area contributed by atoms with Crippen molar-refractivity contribution in [2.24, 2.45) is 0 Å². The Labute approximate surface area is 160 Å². The van der Waals surface area contributed by atoms with Crippen LogP contribution in [0.1, 0.15) is 31.1 Å². The summed E-state index contributed by atoms with van der Waals surface area (Å²) in [7, 11) is 0. The number of aryl methyl sites for hydroxylation is 1. The van der Waals surface area contributed by atoms with E-state index in [0.29, 0.717) is 11.3 Å². The molecule has 28 heavy (non-hydrogen) atoms. The Morgan fingerprint density at radius 3 is 2.46 bits per heavy atom. The van der Waals surface area contributed by atoms with E-state index >= 15 is 0 Å². The van der Waals surface area contributed by atoms with Crippen LogP contribution in [-0.2, 0) is 9.53 Å². The first-order valence-corrected chi connectivity index (χ1v) is 8.77. The highest BCUT2D eigenvalue weighted by atomic mass is 19.3. The molecule has 2 atom stereocenters. The molecule has 1 aromatic heterocycles. The van der Waals surface area contributed by atoms with Crippen molar-refractivity contribution < 1.29 is 27.8 Å². The number of amides is 1. The number of halogens is 3. The van der Waals surface area contributed by atoms with Gasteiger partial charge in [0.05, 0.1) is 11.7 Å². The molecule has 2 heterocycles. The van der Waals surface area contributed by atoms with E-state index in [1.165, 1.54) is 19.9 Å². The largest absolute Gasteiger partial charge is 0.493 e. The number of hydrogen-bond donors (Lipinski definition) is 1. The van der Waals surface area contributed by atoms with Gasteiger partial charge in [0.2, 0.25) is 5.88 Å². The van der Waals surface area contributed by atoms with Crippen molar-refractivity contribution in [2.75, 3.05) is 6.67 Å². The van der Waals surface area contributed by atoms with Crippen LogP contribution in [0.2, 0.25) is 0 Å². The molecule has 1 aliphatic rings. The number of ether oxygens (including phenoxy) is 1. The molecule has 5 nitrogen and oxygen atoms in total. The quantitative estimate of drug-likeness (QED) is 0.852. The summed E-state index contributed by atoms with van der Waals surface area (Å²) in [5.74, 6) is -1.56. The Kier molecular flexibility index (Phi) is 5.34. The van der Waals surface area contributed by atoms with Gasteiger partial charge in [-0.25, -0.2) is 9.37 Å². The van der Waals surface area contributed by atoms with Gasteiger partial charge in [-0.05, 0) is 31.9 Å². The lowest BCUT2D eigenvalue weighted by Crippen LogP contribution is -2.51. The van der Waals surface area contributed by atoms with Crippen molar-refractivity contribution >= 4 is 5.91 Å². The van der Waals surface area contributed by atoms with Crippen molar-refractivity contribution in [3.63, 3.8) is 0 Å². The summed E-state index contributed by atoms with van der Waals surface area (Å²) in [6.07, 6.45) is -4.12. The van der Waals surface area contributed by atoms with E-state index in [2.05, 4.69) is 4.98 Å². The highest BCUT2D eigenvalue weighted by Gasteiger charge is 2.52. The summed E-state index contributed by atoms with van der Waals surface area (Å²) >= 11 is 0. The number of rotatable bonds is 4. The van der Waals surface area contributed by atoms with Gasteiger partial charge >= 0.3 is 6.43 Å². The molecule has 3 rings (SSSR count). The van der Waals surface area contributed by atoms with Crippen LogP contribution in [-0.4, -0.2) is 45.8 Å². The number of alkyl halides is 3. The van der Waals surface area contributed by atoms with Crippen LogP contribution in [0.3, 0.4) is 0 Å². The van der Waals surface area contributed by atoms with Gasteiger partial charge in [-0.1, -0.05) is 30.3 Å². The van der Waals surface area contributed by atoms with Crippen molar-refractivity contribution in [1.29, 1.82) is 0 Å². The van der Waals surface area contributed by atoms with Crippen LogP contribution in [0.25, 0.3) is 11.3 Å². The van der Waals surface area contributed by atoms with Gasteiger partial charge in [0, 0.05) is 11.6 Å². The zero-order chi connectivity index (χ0) is 20.6. The summed E-state index contributed by atoms with van der Waals surface area (Å²) in [4.78, 5) is 16.8. The Bertz CT molecular complexity index is 871. The van der Waals surface area contributed by atoms with E-state index in [1.54, 1.807) is 30.3 Å². The molecular weight excluding hydrogens is 373 g/mol. The van der Waals surface area contributed by atoms with Crippen LogP contribution in [0.5, 0.6) is 5.88 Å². The molecule has 0 bridgehead atoms. The standard InChI is InChI=1S/C20H21F3N2O3/c1-11-4-9-15(26)24-16(11)12-5-7-13(8-6-12)17-14(10-21)25(19(27)18(22)23)20(2,3)28-17/h4-9,14,17-18H,10H2,1-3H3,(H,24,26)/t14-,17-/m1/s1. The third-order valence-corrected chi connectivity index (χ3v) is 4.85. The molecule has 1 N–H and O–H groups in total. The molecule has 1 amide bonds. The number of carbonyl (C=O) groups excluding carboxylic acids is 1. The Balaban J connectivity index is 1.93. The van der Waals surface area contributed by atoms with E-state index < -0.39 is 36.9 Å². The monoisotopic (exact) mass is 394 g/mol. The van der Waals surface area contributed by atoms with Crippen molar-refractivity contribution in [3.8, 4) is 17.1 Å². The number of aromatic nitrogens is 1. The normalized spacial score (nSPS) is 21.3. The van der Waals surface area contributed by atoms with Gasteiger partial charge in [0.1, 0.15) is 18.5 Å². The highest BCUT2D eigenvalue weighted by Crippen LogP contribution is 2.42. The summed E-state index contributed by atoms with van der Waals surface area (Å²) in [6.45, 7) is 3.77. The second-order valence-corrected chi connectivity index (χ2v) is 7.17. The van der Waals surface area contributed by atoms with E-state index in [0.717, 1.165) is 16.0 Å². The van der Waals surface area contributed by atoms with Crippen LogP contribution < -0.4 is 0 Å². The van der Waals surface area contributed by atoms with E-state index in [9.17, 15) is 23.1 Å². The van der Waals surface area contributed by atoms with Gasteiger partial charge in [0.15, 0.2) is 0 Å². The fourth-order valence-corrected chi connectivity index (χ4v) is 3.60. The number of carbonyl (C=O) groups is 1. The maximum absolute atomic E-state index is 13.7. The first kappa shape index (κ1) is 20.1. The Morgan fingerprint density at radius 2 is 1.89 bits per heavy atom. The number of pyridine rings is 1. The van der Waals surface area contributed by atoms with Crippen LogP contribution in [0, 0.1) is 6.92 Å². The second-order valence-electron chi connectivity index (χ2n) is 7.17. The zero-order valence-corrected chi connectivity index (χ0v) is 15.7. The summed E-state index contributed by atoms with van der Waals surface area (Å²) < 4.78 is 45.5. The molecule has 0 radical (unpaired) electrons. The Morgan fingerprint density at radius 1 is 1.25 bits per heavy atom. The SMILES string of the molecule is Cc1ccc(O)nc1-c1ccc([C@H]2OC(C)(C)N(C(=O)C(F)F)[C@@H]2CF)cc1. The minimum atomic E-state index is -3.24.